The molecule has 1 N–H and O–H groups in total. The van der Waals surface area contributed by atoms with Gasteiger partial charge in [0, 0.05) is 25.4 Å². The van der Waals surface area contributed by atoms with Crippen LogP contribution in [0.25, 0.3) is 0 Å². The third kappa shape index (κ3) is 6.31. The summed E-state index contributed by atoms with van der Waals surface area (Å²) < 4.78 is 0. The zero-order chi connectivity index (χ0) is 17.9. The lowest BCUT2D eigenvalue weighted by Gasteiger charge is -2.30. The van der Waals surface area contributed by atoms with E-state index in [1.54, 1.807) is 6.20 Å². The maximum atomic E-state index is 12.2. The summed E-state index contributed by atoms with van der Waals surface area (Å²) in [7, 11) is 0. The fourth-order valence-electron chi connectivity index (χ4n) is 3.10. The molecule has 0 saturated carbocycles. The molecule has 0 spiro atoms. The van der Waals surface area contributed by atoms with E-state index in [9.17, 15) is 4.79 Å². The van der Waals surface area contributed by atoms with Gasteiger partial charge in [0.1, 0.15) is 0 Å². The van der Waals surface area contributed by atoms with Crippen molar-refractivity contribution in [1.82, 2.24) is 15.2 Å². The number of nitrogens with zero attached hydrogens (tertiary/aromatic N) is 2. The summed E-state index contributed by atoms with van der Waals surface area (Å²) in [6.45, 7) is 6.90. The average molecular weight is 339 g/mol. The SMILES string of the molecule is CCN(CC)C(CNC(=O)CCCc1cccnc1)c1ccccc1. The Morgan fingerprint density at radius 2 is 1.88 bits per heavy atom. The minimum Gasteiger partial charge on any atom is -0.354 e. The fourth-order valence-corrected chi connectivity index (χ4v) is 3.10. The first-order chi connectivity index (χ1) is 12.2. The topological polar surface area (TPSA) is 45.2 Å². The third-order valence-electron chi connectivity index (χ3n) is 4.52. The van der Waals surface area contributed by atoms with Crippen molar-refractivity contribution in [1.29, 1.82) is 0 Å². The Balaban J connectivity index is 1.83. The molecule has 0 radical (unpaired) electrons. The van der Waals surface area contributed by atoms with Gasteiger partial charge in [0.2, 0.25) is 5.91 Å². The molecule has 0 aliphatic heterocycles. The molecule has 0 fully saturated rings. The Bertz CT molecular complexity index is 612. The molecule has 0 saturated heterocycles. The van der Waals surface area contributed by atoms with Crippen LogP contribution in [0.1, 0.15) is 43.9 Å². The van der Waals surface area contributed by atoms with Gasteiger partial charge in [0.25, 0.3) is 0 Å². The van der Waals surface area contributed by atoms with Gasteiger partial charge in [-0.1, -0.05) is 50.2 Å². The first-order valence-electron chi connectivity index (χ1n) is 9.19. The molecule has 134 valence electrons. The second-order valence-electron chi connectivity index (χ2n) is 6.17. The van der Waals surface area contributed by atoms with Crippen molar-refractivity contribution in [2.75, 3.05) is 19.6 Å². The van der Waals surface area contributed by atoms with Crippen LogP contribution in [0.2, 0.25) is 0 Å². The van der Waals surface area contributed by atoms with E-state index in [0.717, 1.165) is 25.9 Å². The van der Waals surface area contributed by atoms with Gasteiger partial charge >= 0.3 is 0 Å². The first kappa shape index (κ1) is 19.1. The molecule has 1 atom stereocenters. The van der Waals surface area contributed by atoms with Crippen molar-refractivity contribution in [3.63, 3.8) is 0 Å². The minimum absolute atomic E-state index is 0.122. The molecule has 4 heteroatoms. The van der Waals surface area contributed by atoms with Gasteiger partial charge in [-0.2, -0.15) is 0 Å². The second-order valence-corrected chi connectivity index (χ2v) is 6.17. The van der Waals surface area contributed by atoms with E-state index in [-0.39, 0.29) is 11.9 Å². The van der Waals surface area contributed by atoms with E-state index < -0.39 is 0 Å². The quantitative estimate of drug-likeness (QED) is 0.719. The van der Waals surface area contributed by atoms with Gasteiger partial charge in [0.15, 0.2) is 0 Å². The first-order valence-corrected chi connectivity index (χ1v) is 9.19. The Morgan fingerprint density at radius 3 is 2.52 bits per heavy atom. The molecule has 1 unspecified atom stereocenters. The number of hydrogen-bond donors (Lipinski definition) is 1. The third-order valence-corrected chi connectivity index (χ3v) is 4.52. The van der Waals surface area contributed by atoms with Crippen molar-refractivity contribution in [2.24, 2.45) is 0 Å². The summed E-state index contributed by atoms with van der Waals surface area (Å²) in [4.78, 5) is 18.7. The zero-order valence-electron chi connectivity index (χ0n) is 15.3. The highest BCUT2D eigenvalue weighted by atomic mass is 16.1. The van der Waals surface area contributed by atoms with Crippen molar-refractivity contribution in [2.45, 2.75) is 39.2 Å². The van der Waals surface area contributed by atoms with Gasteiger partial charge in [-0.25, -0.2) is 0 Å². The van der Waals surface area contributed by atoms with Crippen LogP contribution in [0.4, 0.5) is 0 Å². The maximum Gasteiger partial charge on any atom is 0.220 e. The molecular formula is C21H29N3O. The number of aromatic nitrogens is 1. The summed E-state index contributed by atoms with van der Waals surface area (Å²) in [5.41, 5.74) is 2.43. The molecule has 1 aromatic heterocycles. The molecule has 4 nitrogen and oxygen atoms in total. The molecule has 1 aromatic carbocycles. The highest BCUT2D eigenvalue weighted by Crippen LogP contribution is 2.19. The van der Waals surface area contributed by atoms with E-state index in [2.05, 4.69) is 59.4 Å². The zero-order valence-corrected chi connectivity index (χ0v) is 15.3. The van der Waals surface area contributed by atoms with Gasteiger partial charge in [-0.05, 0) is 43.1 Å². The van der Waals surface area contributed by atoms with Crippen LogP contribution in [-0.2, 0) is 11.2 Å². The Morgan fingerprint density at radius 1 is 1.12 bits per heavy atom. The van der Waals surface area contributed by atoms with E-state index in [1.165, 1.54) is 11.1 Å². The van der Waals surface area contributed by atoms with E-state index >= 15 is 0 Å². The molecule has 1 heterocycles. The molecule has 2 rings (SSSR count). The molecule has 0 aliphatic rings. The number of amides is 1. The number of nitrogens with one attached hydrogen (secondary N) is 1. The van der Waals surface area contributed by atoms with Crippen LogP contribution in [0.5, 0.6) is 0 Å². The smallest absolute Gasteiger partial charge is 0.220 e. The number of carbonyl (C=O) groups is 1. The Kier molecular flexibility index (Phi) is 8.13. The van der Waals surface area contributed by atoms with Gasteiger partial charge in [-0.3, -0.25) is 14.7 Å². The number of benzene rings is 1. The fraction of sp³-hybridized carbons (Fsp3) is 0.429. The van der Waals surface area contributed by atoms with Crippen molar-refractivity contribution < 1.29 is 4.79 Å². The Labute approximate surface area is 151 Å². The number of aryl methyl sites for hydroxylation is 1. The van der Waals surface area contributed by atoms with Crippen molar-refractivity contribution >= 4 is 5.91 Å². The highest BCUT2D eigenvalue weighted by Gasteiger charge is 2.18. The lowest BCUT2D eigenvalue weighted by atomic mass is 10.0. The molecular weight excluding hydrogens is 310 g/mol. The van der Waals surface area contributed by atoms with Crippen LogP contribution in [0.15, 0.2) is 54.9 Å². The largest absolute Gasteiger partial charge is 0.354 e. The number of rotatable bonds is 10. The number of pyridine rings is 1. The Hall–Kier alpha value is -2.20. The lowest BCUT2D eigenvalue weighted by molar-refractivity contribution is -0.121. The minimum atomic E-state index is 0.122. The van der Waals surface area contributed by atoms with E-state index in [0.29, 0.717) is 13.0 Å². The lowest BCUT2D eigenvalue weighted by Crippen LogP contribution is -2.38. The maximum absolute atomic E-state index is 12.2. The summed E-state index contributed by atoms with van der Waals surface area (Å²) in [6, 6.07) is 14.6. The highest BCUT2D eigenvalue weighted by molar-refractivity contribution is 5.75. The predicted octanol–water partition coefficient (Wildman–Crippen LogP) is 3.60. The molecule has 2 aromatic rings. The van der Waals surface area contributed by atoms with Crippen LogP contribution in [-0.4, -0.2) is 35.4 Å². The standard InChI is InChI=1S/C21H29N3O/c1-3-24(4-2)20(19-12-6-5-7-13-19)17-23-21(25)14-8-10-18-11-9-15-22-16-18/h5-7,9,11-13,15-16,20H,3-4,8,10,14,17H2,1-2H3,(H,23,25). The van der Waals surface area contributed by atoms with Gasteiger partial charge in [0.05, 0.1) is 6.04 Å². The van der Waals surface area contributed by atoms with Gasteiger partial charge < -0.3 is 5.32 Å². The number of carbonyl (C=O) groups excluding carboxylic acids is 1. The van der Waals surface area contributed by atoms with Crippen LogP contribution in [0, 0.1) is 0 Å². The van der Waals surface area contributed by atoms with E-state index in [4.69, 9.17) is 0 Å². The predicted molar refractivity (Wildman–Crippen MR) is 102 cm³/mol. The summed E-state index contributed by atoms with van der Waals surface area (Å²) in [5, 5.41) is 3.12. The van der Waals surface area contributed by atoms with Crippen molar-refractivity contribution in [3.05, 3.63) is 66.0 Å². The van der Waals surface area contributed by atoms with Crippen LogP contribution >= 0.6 is 0 Å². The van der Waals surface area contributed by atoms with E-state index in [1.807, 2.05) is 18.3 Å². The summed E-state index contributed by atoms with van der Waals surface area (Å²) >= 11 is 0. The molecule has 0 aliphatic carbocycles. The molecule has 1 amide bonds. The number of hydrogen-bond acceptors (Lipinski definition) is 3. The second kappa shape index (κ2) is 10.6. The normalized spacial score (nSPS) is 12.1. The average Bonchev–Trinajstić information content (AvgIpc) is 2.66. The monoisotopic (exact) mass is 339 g/mol. The van der Waals surface area contributed by atoms with Gasteiger partial charge in [-0.15, -0.1) is 0 Å². The summed E-state index contributed by atoms with van der Waals surface area (Å²) in [6.07, 6.45) is 5.92. The number of likely N-dealkylation sites (N-methyl/N-ethyl adjacent to an activating group) is 1. The van der Waals surface area contributed by atoms with Crippen LogP contribution in [0.3, 0.4) is 0 Å². The molecule has 0 bridgehead atoms. The van der Waals surface area contributed by atoms with Crippen LogP contribution < -0.4 is 5.32 Å². The molecule has 25 heavy (non-hydrogen) atoms. The summed E-state index contributed by atoms with van der Waals surface area (Å²) in [5.74, 6) is 0.122. The van der Waals surface area contributed by atoms with Crippen molar-refractivity contribution in [3.8, 4) is 0 Å².